The molecule has 0 aliphatic carbocycles. The maximum atomic E-state index is 6.34. The summed E-state index contributed by atoms with van der Waals surface area (Å²) in [4.78, 5) is 2.33. The van der Waals surface area contributed by atoms with E-state index in [1.54, 1.807) is 0 Å². The molecule has 9 rings (SSSR count). The molecule has 0 amide bonds. The fourth-order valence-corrected chi connectivity index (χ4v) is 6.76. The number of fused-ring (bicyclic) bond motifs is 5. The van der Waals surface area contributed by atoms with Gasteiger partial charge in [0.1, 0.15) is 11.3 Å². The van der Waals surface area contributed by atoms with Crippen molar-refractivity contribution in [2.45, 2.75) is 6.54 Å². The van der Waals surface area contributed by atoms with Crippen molar-refractivity contribution in [2.24, 2.45) is 0 Å². The van der Waals surface area contributed by atoms with Gasteiger partial charge in [-0.15, -0.1) is 0 Å². The second-order valence-electron chi connectivity index (χ2n) is 11.9. The number of anilines is 2. The van der Waals surface area contributed by atoms with Crippen LogP contribution < -0.4 is 10.2 Å². The van der Waals surface area contributed by atoms with E-state index < -0.39 is 0 Å². The molecule has 7 aromatic carbocycles. The molecular weight excluding hydrogens is 560 g/mol. The Bertz CT molecular complexity index is 2290. The molecule has 0 unspecified atom stereocenters. The Hall–Kier alpha value is -6.06. The van der Waals surface area contributed by atoms with Gasteiger partial charge in [0.2, 0.25) is 0 Å². The van der Waals surface area contributed by atoms with Crippen molar-refractivity contribution in [1.82, 2.24) is 5.32 Å². The van der Waals surface area contributed by atoms with E-state index in [9.17, 15) is 0 Å². The average Bonchev–Trinajstić information content (AvgIpc) is 3.51. The van der Waals surface area contributed by atoms with E-state index >= 15 is 0 Å². The largest absolute Gasteiger partial charge is 0.458 e. The number of nitrogens with one attached hydrogen (secondary N) is 1. The molecule has 0 spiro atoms. The predicted molar refractivity (Wildman–Crippen MR) is 192 cm³/mol. The van der Waals surface area contributed by atoms with E-state index in [4.69, 9.17) is 4.42 Å². The molecule has 3 heteroatoms. The Balaban J connectivity index is 1.14. The molecule has 2 heterocycles. The van der Waals surface area contributed by atoms with E-state index in [-0.39, 0.29) is 0 Å². The van der Waals surface area contributed by atoms with Gasteiger partial charge in [-0.1, -0.05) is 115 Å². The Morgan fingerprint density at radius 3 is 1.57 bits per heavy atom. The van der Waals surface area contributed by atoms with E-state index in [0.717, 1.165) is 39.4 Å². The minimum Gasteiger partial charge on any atom is -0.458 e. The van der Waals surface area contributed by atoms with Crippen LogP contribution >= 0.6 is 0 Å². The minimum atomic E-state index is 0.656. The number of para-hydroxylation sites is 1. The molecule has 1 N–H and O–H groups in total. The van der Waals surface area contributed by atoms with Crippen LogP contribution in [0.25, 0.3) is 60.5 Å². The summed E-state index contributed by atoms with van der Waals surface area (Å²) in [7, 11) is 0. The van der Waals surface area contributed by atoms with Gasteiger partial charge in [0.25, 0.3) is 0 Å². The predicted octanol–water partition coefficient (Wildman–Crippen LogP) is 11.3. The van der Waals surface area contributed by atoms with Crippen molar-refractivity contribution < 1.29 is 4.42 Å². The lowest BCUT2D eigenvalue weighted by molar-refractivity contribution is 0.531. The van der Waals surface area contributed by atoms with Gasteiger partial charge in [-0.25, -0.2) is 0 Å². The third-order valence-electron chi connectivity index (χ3n) is 9.08. The molecule has 0 fully saturated rings. The van der Waals surface area contributed by atoms with E-state index in [1.807, 2.05) is 12.1 Å². The summed E-state index contributed by atoms with van der Waals surface area (Å²) in [6, 6.07) is 56.5. The van der Waals surface area contributed by atoms with Crippen LogP contribution in [-0.4, -0.2) is 0 Å². The molecule has 3 nitrogen and oxygen atoms in total. The minimum absolute atomic E-state index is 0.656. The lowest BCUT2D eigenvalue weighted by atomic mass is 9.99. The second-order valence-corrected chi connectivity index (χ2v) is 11.9. The summed E-state index contributed by atoms with van der Waals surface area (Å²) < 4.78 is 6.34. The zero-order valence-electron chi connectivity index (χ0n) is 25.2. The van der Waals surface area contributed by atoms with Crippen LogP contribution in [0.15, 0.2) is 168 Å². The van der Waals surface area contributed by atoms with E-state index in [0.29, 0.717) is 6.54 Å². The van der Waals surface area contributed by atoms with Crippen LogP contribution in [-0.2, 0) is 6.54 Å². The normalized spacial score (nSPS) is 12.6. The highest BCUT2D eigenvalue weighted by Crippen LogP contribution is 2.42. The standard InChI is InChI=1S/C43H30N2O/c1-3-9-33-25-35(15-13-29(33)7-1)31-17-21-37(22-18-31)45(40-27-44-28-42-43(40)39-11-5-6-12-41(39)46-42)38-23-19-32(20-24-38)36-16-14-30-8-2-4-10-34(30)26-36/h1-27,44H,28H2. The summed E-state index contributed by atoms with van der Waals surface area (Å²) in [6.07, 6.45) is 2.12. The van der Waals surface area contributed by atoms with Gasteiger partial charge in [0.15, 0.2) is 0 Å². The zero-order chi connectivity index (χ0) is 30.5. The molecule has 1 aromatic heterocycles. The summed E-state index contributed by atoms with van der Waals surface area (Å²) >= 11 is 0. The number of rotatable bonds is 5. The van der Waals surface area contributed by atoms with E-state index in [1.165, 1.54) is 43.8 Å². The van der Waals surface area contributed by atoms with Crippen LogP contribution in [0.3, 0.4) is 0 Å². The van der Waals surface area contributed by atoms with Crippen LogP contribution in [0.1, 0.15) is 11.3 Å². The quantitative estimate of drug-likeness (QED) is 0.216. The van der Waals surface area contributed by atoms with Gasteiger partial charge in [-0.2, -0.15) is 0 Å². The first-order valence-corrected chi connectivity index (χ1v) is 15.7. The molecule has 0 saturated carbocycles. The van der Waals surface area contributed by atoms with E-state index in [2.05, 4.69) is 162 Å². The number of furan rings is 1. The Labute approximate surface area is 267 Å². The summed E-state index contributed by atoms with van der Waals surface area (Å²) in [5.41, 5.74) is 10.0. The Morgan fingerprint density at radius 1 is 0.478 bits per heavy atom. The number of benzene rings is 7. The molecule has 0 saturated heterocycles. The van der Waals surface area contributed by atoms with Crippen LogP contribution in [0.2, 0.25) is 0 Å². The lowest BCUT2D eigenvalue weighted by Gasteiger charge is -2.30. The lowest BCUT2D eigenvalue weighted by Crippen LogP contribution is -2.22. The summed E-state index contributed by atoms with van der Waals surface area (Å²) in [6.45, 7) is 0.656. The van der Waals surface area contributed by atoms with Crippen molar-refractivity contribution in [2.75, 3.05) is 4.90 Å². The first-order valence-electron chi connectivity index (χ1n) is 15.7. The van der Waals surface area contributed by atoms with Gasteiger partial charge in [0.05, 0.1) is 17.8 Å². The van der Waals surface area contributed by atoms with Gasteiger partial charge in [0, 0.05) is 23.0 Å². The number of hydrogen-bond acceptors (Lipinski definition) is 3. The van der Waals surface area contributed by atoms with Crippen LogP contribution in [0.5, 0.6) is 0 Å². The second kappa shape index (κ2) is 10.8. The highest BCUT2D eigenvalue weighted by atomic mass is 16.3. The molecule has 1 aliphatic rings. The maximum absolute atomic E-state index is 6.34. The van der Waals surface area contributed by atoms with Crippen molar-refractivity contribution in [3.63, 3.8) is 0 Å². The third kappa shape index (κ3) is 4.53. The van der Waals surface area contributed by atoms with Crippen molar-refractivity contribution in [3.05, 3.63) is 175 Å². The molecular formula is C43H30N2O. The Kier molecular flexibility index (Phi) is 6.20. The maximum Gasteiger partial charge on any atom is 0.135 e. The summed E-state index contributed by atoms with van der Waals surface area (Å²) in [5, 5.41) is 9.60. The topological polar surface area (TPSA) is 28.4 Å². The van der Waals surface area contributed by atoms with Gasteiger partial charge in [-0.3, -0.25) is 0 Å². The highest BCUT2D eigenvalue weighted by molar-refractivity contribution is 6.00. The van der Waals surface area contributed by atoms with Gasteiger partial charge >= 0.3 is 0 Å². The first-order chi connectivity index (χ1) is 22.8. The average molecular weight is 591 g/mol. The molecule has 1 aliphatic heterocycles. The van der Waals surface area contributed by atoms with Gasteiger partial charge in [-0.05, 0) is 86.3 Å². The highest BCUT2D eigenvalue weighted by Gasteiger charge is 2.26. The molecule has 218 valence electrons. The molecule has 0 radical (unpaired) electrons. The molecule has 0 bridgehead atoms. The fourth-order valence-electron chi connectivity index (χ4n) is 6.76. The fraction of sp³-hybridized carbons (Fsp3) is 0.0233. The van der Waals surface area contributed by atoms with Crippen LogP contribution in [0.4, 0.5) is 11.4 Å². The molecule has 8 aromatic rings. The first kappa shape index (κ1) is 26.4. The smallest absolute Gasteiger partial charge is 0.135 e. The molecule has 0 atom stereocenters. The zero-order valence-corrected chi connectivity index (χ0v) is 25.2. The van der Waals surface area contributed by atoms with Gasteiger partial charge < -0.3 is 14.6 Å². The SMILES string of the molecule is C1=C(N(c2ccc(-c3ccc4ccccc4c3)cc2)c2ccc(-c3ccc4ccccc4c3)cc2)c2c(oc3ccccc23)CN1. The Morgan fingerprint density at radius 2 is 0.978 bits per heavy atom. The molecule has 46 heavy (non-hydrogen) atoms. The monoisotopic (exact) mass is 590 g/mol. The van der Waals surface area contributed by atoms with Crippen LogP contribution in [0, 0.1) is 0 Å². The van der Waals surface area contributed by atoms with Crippen molar-refractivity contribution in [3.8, 4) is 22.3 Å². The third-order valence-corrected chi connectivity index (χ3v) is 9.08. The number of nitrogens with zero attached hydrogens (tertiary/aromatic N) is 1. The summed E-state index contributed by atoms with van der Waals surface area (Å²) in [5.74, 6) is 0.948. The number of hydrogen-bond donors (Lipinski definition) is 1. The van der Waals surface area contributed by atoms with Crippen molar-refractivity contribution >= 4 is 49.6 Å². The van der Waals surface area contributed by atoms with Crippen molar-refractivity contribution in [1.29, 1.82) is 0 Å².